The number of aliphatic carboxylic acids is 1. The molecule has 2 N–H and O–H groups in total. The van der Waals surface area contributed by atoms with Crippen molar-refractivity contribution in [3.8, 4) is 0 Å². The highest BCUT2D eigenvalue weighted by Crippen LogP contribution is 2.29. The van der Waals surface area contributed by atoms with Crippen LogP contribution in [0.3, 0.4) is 0 Å². The van der Waals surface area contributed by atoms with Crippen LogP contribution in [0, 0.1) is 0 Å². The highest BCUT2D eigenvalue weighted by Gasteiger charge is 2.43. The van der Waals surface area contributed by atoms with Crippen molar-refractivity contribution < 1.29 is 19.5 Å². The summed E-state index contributed by atoms with van der Waals surface area (Å²) in [6.07, 6.45) is 10.6. The van der Waals surface area contributed by atoms with Gasteiger partial charge in [0.25, 0.3) is 0 Å². The lowest BCUT2D eigenvalue weighted by Crippen LogP contribution is -2.54. The highest BCUT2D eigenvalue weighted by molar-refractivity contribution is 5.98. The Kier molecular flexibility index (Phi) is 5.61. The molecule has 2 aromatic rings. The minimum Gasteiger partial charge on any atom is -0.480 e. The number of nitrogens with zero attached hydrogens (tertiary/aromatic N) is 2. The second kappa shape index (κ2) is 8.49. The van der Waals surface area contributed by atoms with Crippen LogP contribution in [0.5, 0.6) is 0 Å². The molecule has 7 heteroatoms. The minimum absolute atomic E-state index is 0.134. The molecule has 7 nitrogen and oxygen atoms in total. The smallest absolute Gasteiger partial charge is 0.326 e. The molecular formula is C23H23N3O4. The molecule has 0 spiro atoms. The quantitative estimate of drug-likeness (QED) is 0.602. The Morgan fingerprint density at radius 3 is 2.77 bits per heavy atom. The summed E-state index contributed by atoms with van der Waals surface area (Å²) in [5.74, 6) is -1.75. The maximum Gasteiger partial charge on any atom is 0.326 e. The fourth-order valence-corrected chi connectivity index (χ4v) is 4.23. The number of carbonyl (C=O) groups is 3. The molecular weight excluding hydrogens is 382 g/mol. The summed E-state index contributed by atoms with van der Waals surface area (Å²) in [5.41, 5.74) is 0.665. The van der Waals surface area contributed by atoms with Crippen LogP contribution in [0.4, 0.5) is 0 Å². The zero-order valence-electron chi connectivity index (χ0n) is 16.4. The van der Waals surface area contributed by atoms with Crippen molar-refractivity contribution in [1.29, 1.82) is 0 Å². The molecule has 1 aromatic carbocycles. The molecule has 0 saturated carbocycles. The number of pyridine rings is 1. The molecule has 0 radical (unpaired) electrons. The van der Waals surface area contributed by atoms with Crippen LogP contribution in [0.25, 0.3) is 16.8 Å². The second-order valence-corrected chi connectivity index (χ2v) is 7.59. The van der Waals surface area contributed by atoms with Crippen LogP contribution in [0.15, 0.2) is 54.8 Å². The number of aromatic nitrogens is 1. The van der Waals surface area contributed by atoms with E-state index in [2.05, 4.69) is 10.3 Å². The maximum atomic E-state index is 13.1. The zero-order chi connectivity index (χ0) is 21.1. The van der Waals surface area contributed by atoms with Crippen LogP contribution in [0.1, 0.15) is 31.4 Å². The Labute approximate surface area is 174 Å². The van der Waals surface area contributed by atoms with E-state index < -0.39 is 24.0 Å². The van der Waals surface area contributed by atoms with E-state index in [4.69, 9.17) is 0 Å². The van der Waals surface area contributed by atoms with E-state index in [-0.39, 0.29) is 11.9 Å². The van der Waals surface area contributed by atoms with Crippen LogP contribution in [0.2, 0.25) is 0 Å². The van der Waals surface area contributed by atoms with E-state index in [0.717, 1.165) is 10.8 Å². The fraction of sp³-hybridized carbons (Fsp3) is 0.304. The maximum absolute atomic E-state index is 13.1. The lowest BCUT2D eigenvalue weighted by atomic mass is 10.0. The summed E-state index contributed by atoms with van der Waals surface area (Å²) < 4.78 is 0. The van der Waals surface area contributed by atoms with Crippen LogP contribution in [-0.4, -0.2) is 50.9 Å². The second-order valence-electron chi connectivity index (χ2n) is 7.59. The molecule has 2 aliphatic heterocycles. The molecule has 2 amide bonds. The van der Waals surface area contributed by atoms with Gasteiger partial charge >= 0.3 is 5.97 Å². The van der Waals surface area contributed by atoms with Crippen LogP contribution < -0.4 is 5.32 Å². The van der Waals surface area contributed by atoms with E-state index in [1.54, 1.807) is 12.3 Å². The number of rotatable bonds is 4. The Bertz CT molecular complexity index is 1040. The van der Waals surface area contributed by atoms with Gasteiger partial charge in [-0.05, 0) is 43.2 Å². The van der Waals surface area contributed by atoms with Gasteiger partial charge in [0.15, 0.2) is 0 Å². The van der Waals surface area contributed by atoms with Crippen LogP contribution >= 0.6 is 0 Å². The molecule has 4 rings (SSSR count). The highest BCUT2D eigenvalue weighted by atomic mass is 16.4. The first-order valence-corrected chi connectivity index (χ1v) is 10.1. The lowest BCUT2D eigenvalue weighted by Gasteiger charge is -2.32. The van der Waals surface area contributed by atoms with Gasteiger partial charge in [-0.2, -0.15) is 0 Å². The van der Waals surface area contributed by atoms with Gasteiger partial charge < -0.3 is 15.3 Å². The first-order valence-electron chi connectivity index (χ1n) is 10.1. The third-order valence-corrected chi connectivity index (χ3v) is 5.70. The summed E-state index contributed by atoms with van der Waals surface area (Å²) in [4.78, 5) is 42.9. The Hall–Kier alpha value is -3.48. The van der Waals surface area contributed by atoms with E-state index >= 15 is 0 Å². The van der Waals surface area contributed by atoms with Gasteiger partial charge in [0, 0.05) is 23.7 Å². The fourth-order valence-electron chi connectivity index (χ4n) is 4.23. The molecule has 1 saturated heterocycles. The number of carbonyl (C=O) groups excluding carboxylic acids is 2. The predicted molar refractivity (Wildman–Crippen MR) is 112 cm³/mol. The van der Waals surface area contributed by atoms with Gasteiger partial charge in [-0.15, -0.1) is 0 Å². The Morgan fingerprint density at radius 1 is 1.13 bits per heavy atom. The van der Waals surface area contributed by atoms with E-state index in [1.807, 2.05) is 42.5 Å². The van der Waals surface area contributed by atoms with Crippen molar-refractivity contribution in [2.24, 2.45) is 0 Å². The number of hydrogen-bond donors (Lipinski definition) is 2. The topological polar surface area (TPSA) is 99.6 Å². The van der Waals surface area contributed by atoms with Crippen molar-refractivity contribution in [3.63, 3.8) is 0 Å². The number of amides is 2. The minimum atomic E-state index is -0.998. The Balaban J connectivity index is 1.51. The molecule has 3 heterocycles. The molecule has 3 unspecified atom stereocenters. The van der Waals surface area contributed by atoms with Gasteiger partial charge in [-0.3, -0.25) is 14.6 Å². The van der Waals surface area contributed by atoms with Crippen molar-refractivity contribution in [2.45, 2.75) is 43.8 Å². The number of nitrogens with one attached hydrogen (secondary N) is 1. The van der Waals surface area contributed by atoms with Crippen molar-refractivity contribution in [2.75, 3.05) is 0 Å². The average molecular weight is 405 g/mol. The van der Waals surface area contributed by atoms with Crippen molar-refractivity contribution in [3.05, 3.63) is 60.5 Å². The molecule has 1 aromatic heterocycles. The first-order chi connectivity index (χ1) is 14.5. The van der Waals surface area contributed by atoms with Gasteiger partial charge in [-0.1, -0.05) is 36.4 Å². The van der Waals surface area contributed by atoms with E-state index in [1.165, 1.54) is 11.0 Å². The third kappa shape index (κ3) is 3.96. The molecule has 0 bridgehead atoms. The number of carboxylic acids is 1. The van der Waals surface area contributed by atoms with Crippen molar-refractivity contribution >= 4 is 34.6 Å². The normalized spacial score (nSPS) is 23.9. The largest absolute Gasteiger partial charge is 0.480 e. The van der Waals surface area contributed by atoms with Gasteiger partial charge in [0.1, 0.15) is 12.1 Å². The Morgan fingerprint density at radius 2 is 1.93 bits per heavy atom. The summed E-state index contributed by atoms with van der Waals surface area (Å²) in [6, 6.07) is 7.90. The summed E-state index contributed by atoms with van der Waals surface area (Å²) in [5, 5.41) is 14.2. The summed E-state index contributed by atoms with van der Waals surface area (Å²) in [7, 11) is 0. The summed E-state index contributed by atoms with van der Waals surface area (Å²) in [6.45, 7) is 0. The molecule has 154 valence electrons. The predicted octanol–water partition coefficient (Wildman–Crippen LogP) is 2.53. The molecule has 1 fully saturated rings. The standard InChI is InChI=1S/C23H23N3O4/c27-21(12-10-18-17-7-3-1-5-15(17)13-14-24-18)25-19-8-4-2-6-16-9-11-20(23(29)30)26(16)22(19)28/h1-5,7,10,12-14,16,19-20H,6,8-9,11H2,(H,25,27)(H,29,30). The van der Waals surface area contributed by atoms with E-state index in [9.17, 15) is 19.5 Å². The third-order valence-electron chi connectivity index (χ3n) is 5.70. The number of hydrogen-bond acceptors (Lipinski definition) is 4. The zero-order valence-corrected chi connectivity index (χ0v) is 16.4. The van der Waals surface area contributed by atoms with Gasteiger partial charge in [-0.25, -0.2) is 4.79 Å². The molecule has 0 aliphatic carbocycles. The van der Waals surface area contributed by atoms with Crippen LogP contribution in [-0.2, 0) is 14.4 Å². The van der Waals surface area contributed by atoms with Gasteiger partial charge in [0.2, 0.25) is 11.8 Å². The number of carboxylic acid groups (broad SMARTS) is 1. The number of benzene rings is 1. The molecule has 2 aliphatic rings. The first kappa shape index (κ1) is 19.8. The molecule has 30 heavy (non-hydrogen) atoms. The van der Waals surface area contributed by atoms with Crippen molar-refractivity contribution in [1.82, 2.24) is 15.2 Å². The monoisotopic (exact) mass is 405 g/mol. The molecule has 3 atom stereocenters. The van der Waals surface area contributed by atoms with E-state index in [0.29, 0.717) is 31.4 Å². The number of fused-ring (bicyclic) bond motifs is 2. The summed E-state index contributed by atoms with van der Waals surface area (Å²) >= 11 is 0. The SMILES string of the molecule is O=C(C=Cc1nccc2ccccc12)NC1CC=CCC2CCC(C(=O)O)N2C1=O. The van der Waals surface area contributed by atoms with Gasteiger partial charge in [0.05, 0.1) is 5.69 Å². The lowest BCUT2D eigenvalue weighted by molar-refractivity contribution is -0.150. The average Bonchev–Trinajstić information content (AvgIpc) is 3.16.